The first-order chi connectivity index (χ1) is 15.6. The summed E-state index contributed by atoms with van der Waals surface area (Å²) in [5.74, 6) is -0.497. The molecule has 2 heterocycles. The minimum atomic E-state index is -0.425. The number of phenols is 1. The number of methoxy groups -OCH3 is 1. The standard InChI is InChI=1S/C24H25N3O5/c1-3-32-14-6-13-27-22(15-9-11-16(12-10-15)24(30)31-2)19-20(25-26-21(19)23(27)29)17-7-4-5-8-18(17)28/h4-5,7-12,22,28H,3,6,13-14H2,1-2H3,(H,25,26). The summed E-state index contributed by atoms with van der Waals surface area (Å²) in [4.78, 5) is 26.9. The van der Waals surface area contributed by atoms with Crippen LogP contribution in [0.5, 0.6) is 5.75 Å². The van der Waals surface area contributed by atoms with E-state index in [9.17, 15) is 14.7 Å². The Balaban J connectivity index is 1.77. The van der Waals surface area contributed by atoms with Crippen LogP contribution < -0.4 is 0 Å². The topological polar surface area (TPSA) is 105 Å². The van der Waals surface area contributed by atoms with Crippen molar-refractivity contribution in [1.82, 2.24) is 15.1 Å². The van der Waals surface area contributed by atoms with Crippen molar-refractivity contribution in [3.8, 4) is 17.0 Å². The second kappa shape index (κ2) is 9.23. The first kappa shape index (κ1) is 21.6. The van der Waals surface area contributed by atoms with E-state index in [1.807, 2.05) is 25.1 Å². The van der Waals surface area contributed by atoms with Gasteiger partial charge in [0.2, 0.25) is 0 Å². The highest BCUT2D eigenvalue weighted by Crippen LogP contribution is 2.44. The third-order valence-electron chi connectivity index (χ3n) is 5.56. The molecule has 0 saturated carbocycles. The molecule has 3 aromatic rings. The molecule has 2 aromatic carbocycles. The van der Waals surface area contributed by atoms with Crippen molar-refractivity contribution in [2.75, 3.05) is 26.9 Å². The van der Waals surface area contributed by atoms with Crippen LogP contribution in [0, 0.1) is 0 Å². The summed E-state index contributed by atoms with van der Waals surface area (Å²) in [6, 6.07) is 13.5. The number of aromatic hydroxyl groups is 1. The van der Waals surface area contributed by atoms with E-state index in [1.165, 1.54) is 7.11 Å². The smallest absolute Gasteiger partial charge is 0.337 e. The highest BCUT2D eigenvalue weighted by molar-refractivity contribution is 6.00. The normalized spacial score (nSPS) is 15.1. The number of hydrogen-bond acceptors (Lipinski definition) is 6. The lowest BCUT2D eigenvalue weighted by Gasteiger charge is -2.26. The molecule has 4 rings (SSSR count). The third-order valence-corrected chi connectivity index (χ3v) is 5.56. The van der Waals surface area contributed by atoms with Crippen LogP contribution in [0.3, 0.4) is 0 Å². The number of phenolic OH excluding ortho intramolecular Hbond substituents is 1. The van der Waals surface area contributed by atoms with Crippen molar-refractivity contribution >= 4 is 11.9 Å². The molecule has 166 valence electrons. The second-order valence-corrected chi connectivity index (χ2v) is 7.44. The highest BCUT2D eigenvalue weighted by Gasteiger charge is 2.42. The number of nitrogens with one attached hydrogen (secondary N) is 1. The zero-order valence-corrected chi connectivity index (χ0v) is 18.0. The molecule has 2 N–H and O–H groups in total. The maximum atomic E-state index is 13.3. The van der Waals surface area contributed by atoms with Gasteiger partial charge in [0.15, 0.2) is 0 Å². The fourth-order valence-electron chi connectivity index (χ4n) is 4.05. The number of ether oxygens (including phenoxy) is 2. The molecule has 1 aliphatic rings. The number of para-hydroxylation sites is 1. The second-order valence-electron chi connectivity index (χ2n) is 7.44. The molecule has 1 aromatic heterocycles. The Labute approximate surface area is 185 Å². The number of fused-ring (bicyclic) bond motifs is 1. The molecule has 1 atom stereocenters. The number of benzene rings is 2. The van der Waals surface area contributed by atoms with Gasteiger partial charge in [0.05, 0.1) is 18.7 Å². The van der Waals surface area contributed by atoms with E-state index >= 15 is 0 Å². The molecule has 0 fully saturated rings. The van der Waals surface area contributed by atoms with Crippen LogP contribution in [0.4, 0.5) is 0 Å². The lowest BCUT2D eigenvalue weighted by Crippen LogP contribution is -2.31. The van der Waals surface area contributed by atoms with Crippen LogP contribution in [0.2, 0.25) is 0 Å². The monoisotopic (exact) mass is 435 g/mol. The molecule has 8 heteroatoms. The van der Waals surface area contributed by atoms with E-state index in [0.717, 1.165) is 5.56 Å². The lowest BCUT2D eigenvalue weighted by atomic mass is 9.95. The minimum Gasteiger partial charge on any atom is -0.507 e. The number of amides is 1. The maximum absolute atomic E-state index is 13.3. The van der Waals surface area contributed by atoms with Crippen molar-refractivity contribution in [3.05, 3.63) is 70.9 Å². The van der Waals surface area contributed by atoms with Crippen molar-refractivity contribution in [1.29, 1.82) is 0 Å². The molecular formula is C24H25N3O5. The molecule has 0 saturated heterocycles. The largest absolute Gasteiger partial charge is 0.507 e. The van der Waals surface area contributed by atoms with Gasteiger partial charge in [0, 0.05) is 30.9 Å². The zero-order chi connectivity index (χ0) is 22.7. The number of nitrogens with zero attached hydrogens (tertiary/aromatic N) is 2. The first-order valence-corrected chi connectivity index (χ1v) is 10.5. The summed E-state index contributed by atoms with van der Waals surface area (Å²) in [5.41, 5.74) is 3.45. The molecule has 1 amide bonds. The highest BCUT2D eigenvalue weighted by atomic mass is 16.5. The van der Waals surface area contributed by atoms with Crippen LogP contribution in [0.1, 0.15) is 51.4 Å². The predicted molar refractivity (Wildman–Crippen MR) is 117 cm³/mol. The summed E-state index contributed by atoms with van der Waals surface area (Å²) < 4.78 is 10.2. The van der Waals surface area contributed by atoms with Gasteiger partial charge in [-0.3, -0.25) is 9.89 Å². The number of aromatic nitrogens is 2. The summed E-state index contributed by atoms with van der Waals surface area (Å²) in [5, 5.41) is 17.6. The number of aromatic amines is 1. The fraction of sp³-hybridized carbons (Fsp3) is 0.292. The molecule has 0 spiro atoms. The van der Waals surface area contributed by atoms with Gasteiger partial charge in [-0.15, -0.1) is 0 Å². The molecule has 0 bridgehead atoms. The summed E-state index contributed by atoms with van der Waals surface area (Å²) >= 11 is 0. The Morgan fingerprint density at radius 2 is 1.94 bits per heavy atom. The van der Waals surface area contributed by atoms with E-state index in [-0.39, 0.29) is 11.7 Å². The van der Waals surface area contributed by atoms with Crippen molar-refractivity contribution in [2.24, 2.45) is 0 Å². The summed E-state index contributed by atoms with van der Waals surface area (Å²) in [7, 11) is 1.34. The van der Waals surface area contributed by atoms with E-state index in [1.54, 1.807) is 35.2 Å². The number of hydrogen-bond donors (Lipinski definition) is 2. The molecule has 0 aliphatic carbocycles. The van der Waals surface area contributed by atoms with Gasteiger partial charge in [-0.2, -0.15) is 5.10 Å². The Hall–Kier alpha value is -3.65. The fourth-order valence-corrected chi connectivity index (χ4v) is 4.05. The van der Waals surface area contributed by atoms with Gasteiger partial charge in [0.25, 0.3) is 5.91 Å². The van der Waals surface area contributed by atoms with Crippen LogP contribution in [-0.4, -0.2) is 58.9 Å². The van der Waals surface area contributed by atoms with Crippen LogP contribution >= 0.6 is 0 Å². The SMILES string of the molecule is CCOCCCN1C(=O)c2[nH]nc(-c3ccccc3O)c2C1c1ccc(C(=O)OC)cc1. The molecule has 1 unspecified atom stereocenters. The van der Waals surface area contributed by atoms with E-state index in [0.29, 0.717) is 54.3 Å². The van der Waals surface area contributed by atoms with Gasteiger partial charge < -0.3 is 19.5 Å². The van der Waals surface area contributed by atoms with Gasteiger partial charge in [-0.25, -0.2) is 4.79 Å². The Morgan fingerprint density at radius 1 is 1.19 bits per heavy atom. The summed E-state index contributed by atoms with van der Waals surface area (Å²) in [6.07, 6.45) is 0.681. The van der Waals surface area contributed by atoms with Crippen molar-refractivity contribution < 1.29 is 24.2 Å². The van der Waals surface area contributed by atoms with E-state index in [4.69, 9.17) is 9.47 Å². The maximum Gasteiger partial charge on any atom is 0.337 e. The minimum absolute atomic E-state index is 0.0869. The molecule has 0 radical (unpaired) electrons. The van der Waals surface area contributed by atoms with Crippen LogP contribution in [0.25, 0.3) is 11.3 Å². The molecule has 1 aliphatic heterocycles. The Morgan fingerprint density at radius 3 is 2.62 bits per heavy atom. The molecular weight excluding hydrogens is 410 g/mol. The number of carbonyl (C=O) groups excluding carboxylic acids is 2. The number of carbonyl (C=O) groups is 2. The van der Waals surface area contributed by atoms with Crippen LogP contribution in [-0.2, 0) is 9.47 Å². The van der Waals surface area contributed by atoms with Crippen molar-refractivity contribution in [2.45, 2.75) is 19.4 Å². The average Bonchev–Trinajstić information content (AvgIpc) is 3.35. The predicted octanol–water partition coefficient (Wildman–Crippen LogP) is 3.54. The van der Waals surface area contributed by atoms with E-state index in [2.05, 4.69) is 10.2 Å². The van der Waals surface area contributed by atoms with E-state index < -0.39 is 12.0 Å². The van der Waals surface area contributed by atoms with Gasteiger partial charge in [0.1, 0.15) is 17.1 Å². The molecule has 8 nitrogen and oxygen atoms in total. The number of rotatable bonds is 8. The van der Waals surface area contributed by atoms with Gasteiger partial charge >= 0.3 is 5.97 Å². The Bertz CT molecular complexity index is 1120. The first-order valence-electron chi connectivity index (χ1n) is 10.5. The van der Waals surface area contributed by atoms with Crippen LogP contribution in [0.15, 0.2) is 48.5 Å². The summed E-state index contributed by atoms with van der Waals surface area (Å²) in [6.45, 7) is 3.59. The Kier molecular flexibility index (Phi) is 6.23. The number of esters is 1. The lowest BCUT2D eigenvalue weighted by molar-refractivity contribution is 0.0599. The quantitative estimate of drug-likeness (QED) is 0.414. The average molecular weight is 435 g/mol. The van der Waals surface area contributed by atoms with Gasteiger partial charge in [-0.1, -0.05) is 24.3 Å². The molecule has 32 heavy (non-hydrogen) atoms. The third kappa shape index (κ3) is 3.85. The van der Waals surface area contributed by atoms with Gasteiger partial charge in [-0.05, 0) is 43.2 Å². The van der Waals surface area contributed by atoms with Crippen molar-refractivity contribution in [3.63, 3.8) is 0 Å². The zero-order valence-electron chi connectivity index (χ0n) is 18.0. The number of H-pyrrole nitrogens is 1.